The van der Waals surface area contributed by atoms with Crippen molar-refractivity contribution in [2.24, 2.45) is 0 Å². The highest BCUT2D eigenvalue weighted by Gasteiger charge is 2.33. The number of amides is 2. The smallest absolute Gasteiger partial charge is 0.321 e. The summed E-state index contributed by atoms with van der Waals surface area (Å²) < 4.78 is 46.8. The minimum Gasteiger partial charge on any atom is -0.369 e. The van der Waals surface area contributed by atoms with Gasteiger partial charge < -0.3 is 19.9 Å². The van der Waals surface area contributed by atoms with Crippen molar-refractivity contribution in [3.8, 4) is 0 Å². The van der Waals surface area contributed by atoms with Crippen LogP contribution in [0.25, 0.3) is 0 Å². The van der Waals surface area contributed by atoms with Crippen molar-refractivity contribution in [3.05, 3.63) is 24.3 Å². The molecule has 0 aliphatic carbocycles. The Kier molecular flexibility index (Phi) is 7.43. The van der Waals surface area contributed by atoms with Crippen molar-refractivity contribution in [1.29, 1.82) is 0 Å². The number of alkyl halides is 1. The maximum atomic E-state index is 14.5. The summed E-state index contributed by atoms with van der Waals surface area (Å²) in [6.07, 6.45) is -0.635. The highest BCUT2D eigenvalue weighted by molar-refractivity contribution is 7.90. The second-order valence-electron chi connectivity index (χ2n) is 8.63. The Balaban J connectivity index is 1.52. The van der Waals surface area contributed by atoms with Crippen LogP contribution in [0, 0.1) is 0 Å². The van der Waals surface area contributed by atoms with E-state index in [1.165, 1.54) is 0 Å². The molecule has 0 radical (unpaired) electrons. The van der Waals surface area contributed by atoms with Crippen molar-refractivity contribution in [1.82, 2.24) is 9.62 Å². The molecule has 3 atom stereocenters. The first kappa shape index (κ1) is 23.7. The molecule has 2 heterocycles. The highest BCUT2D eigenvalue weighted by atomic mass is 32.2. The minimum absolute atomic E-state index is 0.0608. The van der Waals surface area contributed by atoms with Crippen molar-refractivity contribution in [2.75, 3.05) is 29.9 Å². The quantitative estimate of drug-likeness (QED) is 0.665. The number of urea groups is 1. The van der Waals surface area contributed by atoms with Gasteiger partial charge in [-0.2, -0.15) is 0 Å². The third-order valence-corrected chi connectivity index (χ3v) is 7.67. The summed E-state index contributed by atoms with van der Waals surface area (Å²) in [4.78, 5) is 15.9. The molecule has 8 nitrogen and oxygen atoms in total. The molecule has 2 N–H and O–H groups in total. The Bertz CT molecular complexity index is 857. The topological polar surface area (TPSA) is 91.0 Å². The summed E-state index contributed by atoms with van der Waals surface area (Å²) in [5, 5.41) is 2.38. The molecule has 3 unspecified atom stereocenters. The zero-order valence-electron chi connectivity index (χ0n) is 18.5. The van der Waals surface area contributed by atoms with Crippen LogP contribution in [0.1, 0.15) is 40.5 Å². The Hall–Kier alpha value is -1.91. The van der Waals surface area contributed by atoms with Gasteiger partial charge in [0.2, 0.25) is 10.0 Å². The number of ether oxygens (including phenoxy) is 1. The van der Waals surface area contributed by atoms with Gasteiger partial charge >= 0.3 is 6.03 Å². The normalized spacial score (nSPS) is 25.7. The van der Waals surface area contributed by atoms with Crippen LogP contribution in [0.3, 0.4) is 0 Å². The zero-order valence-corrected chi connectivity index (χ0v) is 19.4. The molecule has 3 rings (SSSR count). The van der Waals surface area contributed by atoms with Gasteiger partial charge in [0, 0.05) is 37.1 Å². The summed E-state index contributed by atoms with van der Waals surface area (Å²) in [7, 11) is -3.32. The first-order chi connectivity index (χ1) is 14.6. The third-order valence-electron chi connectivity index (χ3n) is 5.77. The molecule has 0 aromatic heterocycles. The SMILES string of the molecule is CC1CN(c2ccc(NC(=O)N3CCC(NS(=O)(=O)C(C)C)CC3)cc2)C(F)C(C)O1. The number of benzene rings is 1. The summed E-state index contributed by atoms with van der Waals surface area (Å²) in [6.45, 7) is 8.34. The predicted octanol–water partition coefficient (Wildman–Crippen LogP) is 2.92. The average molecular weight is 457 g/mol. The molecular formula is C21H33FN4O4S. The number of likely N-dealkylation sites (tertiary alicyclic amines) is 1. The number of carbonyl (C=O) groups excluding carboxylic acids is 1. The fourth-order valence-corrected chi connectivity index (χ4v) is 4.83. The number of halogens is 1. The molecule has 10 heteroatoms. The summed E-state index contributed by atoms with van der Waals surface area (Å²) in [5.41, 5.74) is 1.37. The second kappa shape index (κ2) is 9.70. The maximum absolute atomic E-state index is 14.5. The van der Waals surface area contributed by atoms with E-state index in [0.717, 1.165) is 5.69 Å². The lowest BCUT2D eigenvalue weighted by molar-refractivity contribution is -0.0614. The van der Waals surface area contributed by atoms with E-state index in [9.17, 15) is 17.6 Å². The summed E-state index contributed by atoms with van der Waals surface area (Å²) in [6, 6.07) is 6.72. The molecule has 2 aliphatic rings. The van der Waals surface area contributed by atoms with Crippen LogP contribution >= 0.6 is 0 Å². The molecule has 2 amide bonds. The molecule has 2 aliphatic heterocycles. The lowest BCUT2D eigenvalue weighted by Gasteiger charge is -2.39. The van der Waals surface area contributed by atoms with E-state index in [0.29, 0.717) is 38.2 Å². The molecule has 1 aromatic rings. The summed E-state index contributed by atoms with van der Waals surface area (Å²) in [5.74, 6) is 0. The Morgan fingerprint density at radius 1 is 1.16 bits per heavy atom. The lowest BCUT2D eigenvalue weighted by atomic mass is 10.1. The van der Waals surface area contributed by atoms with Crippen molar-refractivity contribution in [3.63, 3.8) is 0 Å². The minimum atomic E-state index is -3.32. The van der Waals surface area contributed by atoms with Crippen LogP contribution in [-0.4, -0.2) is 68.8 Å². The second-order valence-corrected chi connectivity index (χ2v) is 10.9. The average Bonchev–Trinajstić information content (AvgIpc) is 2.71. The molecular weight excluding hydrogens is 423 g/mol. The monoisotopic (exact) mass is 456 g/mol. The molecule has 31 heavy (non-hydrogen) atoms. The van der Waals surface area contributed by atoms with Gasteiger partial charge in [-0.15, -0.1) is 0 Å². The van der Waals surface area contributed by atoms with E-state index in [2.05, 4.69) is 10.0 Å². The number of nitrogens with one attached hydrogen (secondary N) is 2. The van der Waals surface area contributed by atoms with E-state index in [-0.39, 0.29) is 18.2 Å². The number of carbonyl (C=O) groups is 1. The van der Waals surface area contributed by atoms with E-state index >= 15 is 0 Å². The van der Waals surface area contributed by atoms with Crippen LogP contribution in [0.5, 0.6) is 0 Å². The number of nitrogens with zero attached hydrogens (tertiary/aromatic N) is 2. The molecule has 2 fully saturated rings. The number of piperidine rings is 1. The molecule has 2 saturated heterocycles. The Morgan fingerprint density at radius 3 is 2.35 bits per heavy atom. The van der Waals surface area contributed by atoms with E-state index in [4.69, 9.17) is 4.74 Å². The number of hydrogen-bond donors (Lipinski definition) is 2. The van der Waals surface area contributed by atoms with Gasteiger partial charge in [-0.05, 0) is 64.8 Å². The molecule has 174 valence electrons. The molecule has 0 spiro atoms. The van der Waals surface area contributed by atoms with Crippen LogP contribution < -0.4 is 14.9 Å². The van der Waals surface area contributed by atoms with E-state index in [1.54, 1.807) is 54.8 Å². The third kappa shape index (κ3) is 5.87. The number of sulfonamides is 1. The number of morpholine rings is 1. The van der Waals surface area contributed by atoms with Crippen LogP contribution in [0.4, 0.5) is 20.6 Å². The van der Waals surface area contributed by atoms with Gasteiger partial charge in [-0.25, -0.2) is 22.3 Å². The zero-order chi connectivity index (χ0) is 22.8. The lowest BCUT2D eigenvalue weighted by Crippen LogP contribution is -2.51. The van der Waals surface area contributed by atoms with Crippen molar-refractivity contribution < 1.29 is 22.3 Å². The van der Waals surface area contributed by atoms with Crippen LogP contribution in [0.2, 0.25) is 0 Å². The molecule has 0 bridgehead atoms. The Labute approximate surface area is 184 Å². The van der Waals surface area contributed by atoms with Gasteiger partial charge in [0.1, 0.15) is 6.10 Å². The van der Waals surface area contributed by atoms with Gasteiger partial charge in [-0.3, -0.25) is 0 Å². The first-order valence-electron chi connectivity index (χ1n) is 10.8. The maximum Gasteiger partial charge on any atom is 0.321 e. The number of anilines is 2. The molecule has 0 saturated carbocycles. The van der Waals surface area contributed by atoms with Gasteiger partial charge in [-0.1, -0.05) is 0 Å². The highest BCUT2D eigenvalue weighted by Crippen LogP contribution is 2.27. The van der Waals surface area contributed by atoms with Gasteiger partial charge in [0.25, 0.3) is 0 Å². The van der Waals surface area contributed by atoms with Gasteiger partial charge in [0.05, 0.1) is 11.4 Å². The fourth-order valence-electron chi connectivity index (χ4n) is 3.86. The number of hydrogen-bond acceptors (Lipinski definition) is 5. The Morgan fingerprint density at radius 2 is 1.77 bits per heavy atom. The predicted molar refractivity (Wildman–Crippen MR) is 119 cm³/mol. The van der Waals surface area contributed by atoms with Crippen LogP contribution in [-0.2, 0) is 14.8 Å². The van der Waals surface area contributed by atoms with Crippen molar-refractivity contribution in [2.45, 2.75) is 70.3 Å². The van der Waals surface area contributed by atoms with Crippen molar-refractivity contribution >= 4 is 27.4 Å². The van der Waals surface area contributed by atoms with Gasteiger partial charge in [0.15, 0.2) is 6.30 Å². The summed E-state index contributed by atoms with van der Waals surface area (Å²) >= 11 is 0. The van der Waals surface area contributed by atoms with E-state index < -0.39 is 27.7 Å². The largest absolute Gasteiger partial charge is 0.369 e. The molecule has 1 aromatic carbocycles. The standard InChI is InChI=1S/C21H33FN4O4S/c1-14(2)31(28,29)24-18-9-11-25(12-10-18)21(27)23-17-5-7-19(8-6-17)26-13-15(3)30-16(4)20(26)22/h5-8,14-16,18,20,24H,9-13H2,1-4H3,(H,23,27). The van der Waals surface area contributed by atoms with E-state index in [1.807, 2.05) is 6.92 Å². The fraction of sp³-hybridized carbons (Fsp3) is 0.667. The first-order valence-corrected chi connectivity index (χ1v) is 12.3. The number of rotatable bonds is 5. The van der Waals surface area contributed by atoms with Crippen LogP contribution in [0.15, 0.2) is 24.3 Å².